The molecule has 1 aliphatic rings. The van der Waals surface area contributed by atoms with Crippen molar-refractivity contribution in [2.75, 3.05) is 31.1 Å². The molecule has 1 fully saturated rings. The molecule has 0 aliphatic carbocycles. The molecule has 1 N–H and O–H groups in total. The lowest BCUT2D eigenvalue weighted by molar-refractivity contribution is -0.132. The summed E-state index contributed by atoms with van der Waals surface area (Å²) in [6.45, 7) is 5.70. The van der Waals surface area contributed by atoms with Crippen LogP contribution in [0.1, 0.15) is 30.5 Å². The molecule has 6 heteroatoms. The van der Waals surface area contributed by atoms with Crippen LogP contribution in [0.4, 0.5) is 10.1 Å². The molecule has 1 aliphatic heterocycles. The smallest absolute Gasteiger partial charge is 0.225 e. The van der Waals surface area contributed by atoms with E-state index in [1.54, 1.807) is 17.0 Å². The lowest BCUT2D eigenvalue weighted by Gasteiger charge is -2.36. The summed E-state index contributed by atoms with van der Waals surface area (Å²) in [6, 6.07) is 14.2. The Hall–Kier alpha value is -2.89. The number of nitrogens with zero attached hydrogens (tertiary/aromatic N) is 2. The molecule has 2 aromatic rings. The molecule has 1 heterocycles. The number of piperazine rings is 1. The second-order valence-electron chi connectivity index (χ2n) is 7.19. The maximum atomic E-state index is 14.0. The van der Waals surface area contributed by atoms with Crippen LogP contribution in [0.2, 0.25) is 0 Å². The minimum atomic E-state index is -0.352. The molecule has 1 saturated heterocycles. The van der Waals surface area contributed by atoms with E-state index in [0.29, 0.717) is 31.9 Å². The highest BCUT2D eigenvalue weighted by molar-refractivity contribution is 5.79. The first-order chi connectivity index (χ1) is 13.4. The largest absolute Gasteiger partial charge is 0.366 e. The Balaban J connectivity index is 1.62. The van der Waals surface area contributed by atoms with E-state index in [2.05, 4.69) is 5.32 Å². The molecule has 0 spiro atoms. The zero-order valence-corrected chi connectivity index (χ0v) is 16.3. The maximum Gasteiger partial charge on any atom is 0.225 e. The average molecular weight is 383 g/mol. The zero-order chi connectivity index (χ0) is 20.1. The number of amides is 2. The van der Waals surface area contributed by atoms with Crippen molar-refractivity contribution >= 4 is 17.5 Å². The number of hydrogen-bond donors (Lipinski definition) is 1. The van der Waals surface area contributed by atoms with Crippen LogP contribution >= 0.6 is 0 Å². The minimum absolute atomic E-state index is 0.00694. The summed E-state index contributed by atoms with van der Waals surface area (Å²) in [5.41, 5.74) is 2.62. The van der Waals surface area contributed by atoms with E-state index in [4.69, 9.17) is 0 Å². The summed E-state index contributed by atoms with van der Waals surface area (Å²) in [5.74, 6) is -0.414. The van der Waals surface area contributed by atoms with Gasteiger partial charge in [-0.3, -0.25) is 9.59 Å². The highest BCUT2D eigenvalue weighted by Crippen LogP contribution is 2.22. The Morgan fingerprint density at radius 1 is 1.04 bits per heavy atom. The number of halogens is 1. The van der Waals surface area contributed by atoms with Crippen molar-refractivity contribution in [2.45, 2.75) is 26.3 Å². The number of anilines is 1. The maximum absolute atomic E-state index is 14.0. The van der Waals surface area contributed by atoms with Crippen LogP contribution in [-0.4, -0.2) is 42.9 Å². The standard InChI is InChI=1S/C22H26FN3O2/c1-16-7-9-18(10-8-16)20(24-17(2)27)15-22(28)26-13-11-25(12-14-26)21-6-4-3-5-19(21)23/h3-10,20H,11-15H2,1-2H3,(H,24,27). The first-order valence-electron chi connectivity index (χ1n) is 9.55. The summed E-state index contributed by atoms with van der Waals surface area (Å²) in [5, 5.41) is 2.88. The van der Waals surface area contributed by atoms with Gasteiger partial charge in [0.2, 0.25) is 11.8 Å². The van der Waals surface area contributed by atoms with Crippen molar-refractivity contribution in [3.63, 3.8) is 0 Å². The van der Waals surface area contributed by atoms with Crippen LogP contribution in [0, 0.1) is 12.7 Å². The quantitative estimate of drug-likeness (QED) is 0.863. The predicted octanol–water partition coefficient (Wildman–Crippen LogP) is 3.05. The number of aryl methyl sites for hydroxylation is 1. The first kappa shape index (κ1) is 19.9. The van der Waals surface area contributed by atoms with Gasteiger partial charge in [-0.2, -0.15) is 0 Å². The molecular formula is C22H26FN3O2. The van der Waals surface area contributed by atoms with Crippen molar-refractivity contribution in [1.82, 2.24) is 10.2 Å². The molecule has 0 bridgehead atoms. The highest BCUT2D eigenvalue weighted by Gasteiger charge is 2.25. The SMILES string of the molecule is CC(=O)NC(CC(=O)N1CCN(c2ccccc2F)CC1)c1ccc(C)cc1. The van der Waals surface area contributed by atoms with Gasteiger partial charge in [0.1, 0.15) is 5.82 Å². The van der Waals surface area contributed by atoms with E-state index in [1.807, 2.05) is 42.2 Å². The van der Waals surface area contributed by atoms with Gasteiger partial charge in [-0.25, -0.2) is 4.39 Å². The van der Waals surface area contributed by atoms with Crippen LogP contribution in [0.5, 0.6) is 0 Å². The summed E-state index contributed by atoms with van der Waals surface area (Å²) in [6.07, 6.45) is 0.211. The van der Waals surface area contributed by atoms with Crippen molar-refractivity contribution in [3.8, 4) is 0 Å². The topological polar surface area (TPSA) is 52.7 Å². The molecule has 1 atom stereocenters. The minimum Gasteiger partial charge on any atom is -0.366 e. The second-order valence-corrected chi connectivity index (χ2v) is 7.19. The molecule has 0 aromatic heterocycles. The van der Waals surface area contributed by atoms with Gasteiger partial charge in [0, 0.05) is 33.1 Å². The Morgan fingerprint density at radius 3 is 2.29 bits per heavy atom. The number of nitrogens with one attached hydrogen (secondary N) is 1. The Kier molecular flexibility index (Phi) is 6.29. The summed E-state index contributed by atoms with van der Waals surface area (Å²) in [7, 11) is 0. The fraction of sp³-hybridized carbons (Fsp3) is 0.364. The van der Waals surface area contributed by atoms with Gasteiger partial charge in [0.05, 0.1) is 18.2 Å². The summed E-state index contributed by atoms with van der Waals surface area (Å²) in [4.78, 5) is 28.2. The first-order valence-corrected chi connectivity index (χ1v) is 9.55. The second kappa shape index (κ2) is 8.87. The third-order valence-corrected chi connectivity index (χ3v) is 5.06. The van der Waals surface area contributed by atoms with Crippen LogP contribution < -0.4 is 10.2 Å². The van der Waals surface area contributed by atoms with Crippen molar-refractivity contribution in [2.24, 2.45) is 0 Å². The molecule has 0 radical (unpaired) electrons. The number of rotatable bonds is 5. The Morgan fingerprint density at radius 2 is 1.68 bits per heavy atom. The molecule has 0 saturated carbocycles. The molecule has 2 aromatic carbocycles. The molecule has 2 amide bonds. The van der Waals surface area contributed by atoms with E-state index in [9.17, 15) is 14.0 Å². The van der Waals surface area contributed by atoms with Crippen LogP contribution in [0.3, 0.4) is 0 Å². The molecule has 3 rings (SSSR count). The number of para-hydroxylation sites is 1. The average Bonchev–Trinajstić information content (AvgIpc) is 2.68. The van der Waals surface area contributed by atoms with Crippen LogP contribution in [-0.2, 0) is 9.59 Å². The number of benzene rings is 2. The fourth-order valence-electron chi connectivity index (χ4n) is 3.50. The van der Waals surface area contributed by atoms with Gasteiger partial charge in [0.25, 0.3) is 0 Å². The van der Waals surface area contributed by atoms with Gasteiger partial charge < -0.3 is 15.1 Å². The molecular weight excluding hydrogens is 357 g/mol. The fourth-order valence-corrected chi connectivity index (χ4v) is 3.50. The predicted molar refractivity (Wildman–Crippen MR) is 108 cm³/mol. The Bertz CT molecular complexity index is 830. The number of hydrogen-bond acceptors (Lipinski definition) is 3. The van der Waals surface area contributed by atoms with Gasteiger partial charge in [-0.15, -0.1) is 0 Å². The van der Waals surface area contributed by atoms with Gasteiger partial charge >= 0.3 is 0 Å². The lowest BCUT2D eigenvalue weighted by Crippen LogP contribution is -2.49. The third kappa shape index (κ3) is 4.88. The number of carbonyl (C=O) groups excluding carboxylic acids is 2. The van der Waals surface area contributed by atoms with Crippen LogP contribution in [0.15, 0.2) is 48.5 Å². The lowest BCUT2D eigenvalue weighted by atomic mass is 10.0. The van der Waals surface area contributed by atoms with Crippen molar-refractivity contribution < 1.29 is 14.0 Å². The normalized spacial score (nSPS) is 15.2. The van der Waals surface area contributed by atoms with E-state index in [0.717, 1.165) is 11.1 Å². The summed E-state index contributed by atoms with van der Waals surface area (Å²) >= 11 is 0. The van der Waals surface area contributed by atoms with Gasteiger partial charge in [-0.05, 0) is 24.6 Å². The molecule has 28 heavy (non-hydrogen) atoms. The molecule has 148 valence electrons. The van der Waals surface area contributed by atoms with E-state index in [1.165, 1.54) is 13.0 Å². The zero-order valence-electron chi connectivity index (χ0n) is 16.3. The van der Waals surface area contributed by atoms with Crippen molar-refractivity contribution in [1.29, 1.82) is 0 Å². The molecule has 1 unspecified atom stereocenters. The van der Waals surface area contributed by atoms with Crippen LogP contribution in [0.25, 0.3) is 0 Å². The highest BCUT2D eigenvalue weighted by atomic mass is 19.1. The number of carbonyl (C=O) groups is 2. The monoisotopic (exact) mass is 383 g/mol. The van der Waals surface area contributed by atoms with Gasteiger partial charge in [0.15, 0.2) is 0 Å². The van der Waals surface area contributed by atoms with Gasteiger partial charge in [-0.1, -0.05) is 42.0 Å². The molecule has 5 nitrogen and oxygen atoms in total. The third-order valence-electron chi connectivity index (χ3n) is 5.06. The summed E-state index contributed by atoms with van der Waals surface area (Å²) < 4.78 is 14.0. The van der Waals surface area contributed by atoms with E-state index < -0.39 is 0 Å². The Labute approximate surface area is 165 Å². The van der Waals surface area contributed by atoms with E-state index in [-0.39, 0.29) is 30.1 Å². The van der Waals surface area contributed by atoms with E-state index >= 15 is 0 Å². The van der Waals surface area contributed by atoms with Crippen molar-refractivity contribution in [3.05, 3.63) is 65.5 Å².